The first-order valence-corrected chi connectivity index (χ1v) is 6.37. The van der Waals surface area contributed by atoms with Gasteiger partial charge in [0.05, 0.1) is 6.61 Å². The number of nitrogens with zero attached hydrogens (tertiary/aromatic N) is 1. The van der Waals surface area contributed by atoms with Crippen LogP contribution in [0.15, 0.2) is 5.16 Å². The van der Waals surface area contributed by atoms with E-state index in [0.29, 0.717) is 0 Å². The standard InChI is InChI=1S/C11H12F6N2O5/c1-2-23-7(20)4-18-8(21)5-3-6(24-19-5)9(22,10(12,13)14)11(15,16)17/h6,22H,2-4H2,1H3,(H,18,21). The molecule has 0 bridgehead atoms. The lowest BCUT2D eigenvalue weighted by Crippen LogP contribution is -2.64. The maximum absolute atomic E-state index is 12.7. The van der Waals surface area contributed by atoms with Gasteiger partial charge in [0.2, 0.25) is 0 Å². The van der Waals surface area contributed by atoms with Crippen LogP contribution >= 0.6 is 0 Å². The quantitative estimate of drug-likeness (QED) is 0.551. The molecule has 0 aromatic rings. The van der Waals surface area contributed by atoms with Crippen LogP contribution in [0.5, 0.6) is 0 Å². The first-order chi connectivity index (χ1) is 10.8. The second-order valence-corrected chi connectivity index (χ2v) is 4.59. The molecular weight excluding hydrogens is 354 g/mol. The largest absolute Gasteiger partial charge is 0.465 e. The molecule has 24 heavy (non-hydrogen) atoms. The Balaban J connectivity index is 2.79. The molecule has 1 unspecified atom stereocenters. The van der Waals surface area contributed by atoms with E-state index >= 15 is 0 Å². The summed E-state index contributed by atoms with van der Waals surface area (Å²) in [6.45, 7) is 0.818. The van der Waals surface area contributed by atoms with Gasteiger partial charge < -0.3 is 20.0 Å². The third kappa shape index (κ3) is 3.88. The number of carbonyl (C=O) groups excluding carboxylic acids is 2. The Bertz CT molecular complexity index is 516. The van der Waals surface area contributed by atoms with Crippen LogP contribution in [0.3, 0.4) is 0 Å². The molecule has 0 aliphatic carbocycles. The Morgan fingerprint density at radius 1 is 1.29 bits per heavy atom. The van der Waals surface area contributed by atoms with Gasteiger partial charge in [0.25, 0.3) is 11.5 Å². The molecule has 1 heterocycles. The Labute approximate surface area is 130 Å². The smallest absolute Gasteiger partial charge is 0.430 e. The lowest BCUT2D eigenvalue weighted by atomic mass is 9.91. The number of nitrogens with one attached hydrogen (secondary N) is 1. The second-order valence-electron chi connectivity index (χ2n) is 4.59. The fraction of sp³-hybridized carbons (Fsp3) is 0.727. The zero-order chi connectivity index (χ0) is 18.8. The minimum absolute atomic E-state index is 0.00499. The van der Waals surface area contributed by atoms with Crippen molar-refractivity contribution < 1.29 is 50.6 Å². The van der Waals surface area contributed by atoms with E-state index in [-0.39, 0.29) is 6.61 Å². The molecule has 0 saturated heterocycles. The van der Waals surface area contributed by atoms with E-state index in [0.717, 1.165) is 0 Å². The summed E-state index contributed by atoms with van der Waals surface area (Å²) in [5.74, 6) is -2.10. The monoisotopic (exact) mass is 366 g/mol. The van der Waals surface area contributed by atoms with Gasteiger partial charge in [-0.2, -0.15) is 26.3 Å². The summed E-state index contributed by atoms with van der Waals surface area (Å²) >= 11 is 0. The number of ether oxygens (including phenoxy) is 1. The van der Waals surface area contributed by atoms with Crippen LogP contribution in [0, 0.1) is 0 Å². The number of alkyl halides is 6. The first kappa shape index (κ1) is 20.0. The molecule has 0 aromatic heterocycles. The molecule has 0 radical (unpaired) electrons. The van der Waals surface area contributed by atoms with Crippen molar-refractivity contribution in [3.8, 4) is 0 Å². The summed E-state index contributed by atoms with van der Waals surface area (Å²) in [6.07, 6.45) is -16.4. The normalized spacial score (nSPS) is 18.7. The van der Waals surface area contributed by atoms with Crippen LogP contribution < -0.4 is 5.32 Å². The molecule has 13 heteroatoms. The molecule has 1 amide bonds. The van der Waals surface area contributed by atoms with Crippen LogP contribution in [0.25, 0.3) is 0 Å². The van der Waals surface area contributed by atoms with E-state index in [2.05, 4.69) is 14.7 Å². The number of aliphatic hydroxyl groups is 1. The average molecular weight is 366 g/mol. The Kier molecular flexibility index (Phi) is 5.69. The number of halogens is 6. The number of amides is 1. The maximum Gasteiger partial charge on any atom is 0.430 e. The van der Waals surface area contributed by atoms with E-state index in [4.69, 9.17) is 5.11 Å². The predicted octanol–water partition coefficient (Wildman–Crippen LogP) is 0.666. The van der Waals surface area contributed by atoms with E-state index < -0.39 is 54.6 Å². The van der Waals surface area contributed by atoms with Crippen molar-refractivity contribution in [2.45, 2.75) is 37.4 Å². The summed E-state index contributed by atoms with van der Waals surface area (Å²) in [6, 6.07) is 0. The lowest BCUT2D eigenvalue weighted by Gasteiger charge is -2.35. The molecule has 2 N–H and O–H groups in total. The molecule has 138 valence electrons. The molecule has 1 atom stereocenters. The highest BCUT2D eigenvalue weighted by atomic mass is 19.4. The molecule has 0 spiro atoms. The van der Waals surface area contributed by atoms with Crippen molar-refractivity contribution in [3.05, 3.63) is 0 Å². The van der Waals surface area contributed by atoms with Crippen LogP contribution in [-0.4, -0.2) is 59.9 Å². The second kappa shape index (κ2) is 6.83. The highest BCUT2D eigenvalue weighted by Gasteiger charge is 2.76. The van der Waals surface area contributed by atoms with Crippen molar-refractivity contribution in [2.24, 2.45) is 5.16 Å². The van der Waals surface area contributed by atoms with Crippen molar-refractivity contribution >= 4 is 17.6 Å². The highest BCUT2D eigenvalue weighted by Crippen LogP contribution is 2.47. The summed E-state index contributed by atoms with van der Waals surface area (Å²) in [4.78, 5) is 26.5. The van der Waals surface area contributed by atoms with Gasteiger partial charge in [-0.15, -0.1) is 0 Å². The van der Waals surface area contributed by atoms with Gasteiger partial charge in [-0.1, -0.05) is 5.16 Å². The van der Waals surface area contributed by atoms with Gasteiger partial charge >= 0.3 is 18.3 Å². The SMILES string of the molecule is CCOC(=O)CNC(=O)C1=NOC(C(O)(C(F)(F)F)C(F)(F)F)C1. The number of hydrogen-bond donors (Lipinski definition) is 2. The summed E-state index contributed by atoms with van der Waals surface area (Å²) in [5, 5.41) is 13.8. The van der Waals surface area contributed by atoms with Gasteiger partial charge in [0.15, 0.2) is 6.10 Å². The highest BCUT2D eigenvalue weighted by molar-refractivity contribution is 6.39. The molecule has 0 saturated carbocycles. The third-order valence-electron chi connectivity index (χ3n) is 2.96. The van der Waals surface area contributed by atoms with Gasteiger partial charge in [-0.25, -0.2) is 0 Å². The lowest BCUT2D eigenvalue weighted by molar-refractivity contribution is -0.392. The molecule has 1 aliphatic heterocycles. The van der Waals surface area contributed by atoms with E-state index in [1.54, 1.807) is 0 Å². The Morgan fingerprint density at radius 3 is 2.29 bits per heavy atom. The molecule has 0 aromatic carbocycles. The molecule has 7 nitrogen and oxygen atoms in total. The summed E-state index contributed by atoms with van der Waals surface area (Å²) in [5.41, 5.74) is -6.04. The number of esters is 1. The fourth-order valence-electron chi connectivity index (χ4n) is 1.73. The molecule has 1 aliphatic rings. The fourth-order valence-corrected chi connectivity index (χ4v) is 1.73. The topological polar surface area (TPSA) is 97.2 Å². The van der Waals surface area contributed by atoms with Gasteiger partial charge in [0.1, 0.15) is 12.3 Å². The predicted molar refractivity (Wildman–Crippen MR) is 63.6 cm³/mol. The zero-order valence-electron chi connectivity index (χ0n) is 12.0. The van der Waals surface area contributed by atoms with Gasteiger partial charge in [0, 0.05) is 6.42 Å². The van der Waals surface area contributed by atoms with Crippen LogP contribution in [-0.2, 0) is 19.2 Å². The molecule has 1 rings (SSSR count). The zero-order valence-corrected chi connectivity index (χ0v) is 12.0. The van der Waals surface area contributed by atoms with Gasteiger partial charge in [-0.3, -0.25) is 9.59 Å². The van der Waals surface area contributed by atoms with Crippen LogP contribution in [0.4, 0.5) is 26.3 Å². The average Bonchev–Trinajstić information content (AvgIpc) is 2.91. The Morgan fingerprint density at radius 2 is 1.83 bits per heavy atom. The van der Waals surface area contributed by atoms with Crippen molar-refractivity contribution in [1.82, 2.24) is 5.32 Å². The van der Waals surface area contributed by atoms with Crippen molar-refractivity contribution in [2.75, 3.05) is 13.2 Å². The summed E-state index contributed by atoms with van der Waals surface area (Å²) in [7, 11) is 0. The van der Waals surface area contributed by atoms with Crippen molar-refractivity contribution in [3.63, 3.8) is 0 Å². The van der Waals surface area contributed by atoms with E-state index in [9.17, 15) is 35.9 Å². The van der Waals surface area contributed by atoms with Crippen LogP contribution in [0.1, 0.15) is 13.3 Å². The molecule has 0 fully saturated rings. The minimum Gasteiger partial charge on any atom is -0.465 e. The van der Waals surface area contributed by atoms with Gasteiger partial charge in [-0.05, 0) is 6.92 Å². The summed E-state index contributed by atoms with van der Waals surface area (Å²) < 4.78 is 80.4. The maximum atomic E-state index is 12.7. The van der Waals surface area contributed by atoms with E-state index in [1.807, 2.05) is 5.32 Å². The number of rotatable bonds is 5. The third-order valence-corrected chi connectivity index (χ3v) is 2.96. The van der Waals surface area contributed by atoms with Crippen molar-refractivity contribution in [1.29, 1.82) is 0 Å². The minimum atomic E-state index is -6.11. The number of carbonyl (C=O) groups is 2. The first-order valence-electron chi connectivity index (χ1n) is 6.37. The Hall–Kier alpha value is -2.05. The number of oxime groups is 1. The molecular formula is C11H12F6N2O5. The van der Waals surface area contributed by atoms with E-state index in [1.165, 1.54) is 6.92 Å². The number of hydrogen-bond acceptors (Lipinski definition) is 6. The van der Waals surface area contributed by atoms with Crippen LogP contribution in [0.2, 0.25) is 0 Å².